The molecule has 0 radical (unpaired) electrons. The molecule has 0 saturated heterocycles. The quantitative estimate of drug-likeness (QED) is 0.199. The van der Waals surface area contributed by atoms with E-state index in [9.17, 15) is 36.3 Å². The Morgan fingerprint density at radius 3 is 2.06 bits per heavy atom. The summed E-state index contributed by atoms with van der Waals surface area (Å²) in [6, 6.07) is 4.16. The lowest BCUT2D eigenvalue weighted by atomic mass is 9.98. The van der Waals surface area contributed by atoms with Crippen molar-refractivity contribution >= 4 is 28.5 Å². The van der Waals surface area contributed by atoms with Crippen molar-refractivity contribution in [2.24, 2.45) is 0 Å². The van der Waals surface area contributed by atoms with Crippen LogP contribution in [0, 0.1) is 29.1 Å². The molecule has 1 amide bonds. The summed E-state index contributed by atoms with van der Waals surface area (Å²) in [5.41, 5.74) is -0.683. The summed E-state index contributed by atoms with van der Waals surface area (Å²) in [5, 5.41) is 2.84. The molecule has 3 aromatic rings. The molecule has 1 heterocycles. The third-order valence-corrected chi connectivity index (χ3v) is 4.56. The van der Waals surface area contributed by atoms with Crippen LogP contribution in [-0.4, -0.2) is 16.9 Å². The highest BCUT2D eigenvalue weighted by Gasteiger charge is 2.29. The monoisotopic (exact) mass is 454 g/mol. The van der Waals surface area contributed by atoms with Crippen LogP contribution in [0.5, 0.6) is 5.75 Å². The highest BCUT2D eigenvalue weighted by atomic mass is 19.2. The maximum absolute atomic E-state index is 13.8. The van der Waals surface area contributed by atoms with Crippen molar-refractivity contribution in [3.8, 4) is 5.75 Å². The van der Waals surface area contributed by atoms with E-state index < -0.39 is 57.8 Å². The Hall–Kier alpha value is -3.76. The molecule has 0 aliphatic heterocycles. The first-order valence-electron chi connectivity index (χ1n) is 9.15. The summed E-state index contributed by atoms with van der Waals surface area (Å²) in [5.74, 6) is -15.7. The second-order valence-electron chi connectivity index (χ2n) is 7.13. The molecule has 0 bridgehead atoms. The predicted molar refractivity (Wildman–Crippen MR) is 104 cm³/mol. The third kappa shape index (κ3) is 3.93. The summed E-state index contributed by atoms with van der Waals surface area (Å²) >= 11 is 0. The minimum Gasteiger partial charge on any atom is -0.416 e. The van der Waals surface area contributed by atoms with E-state index in [-0.39, 0.29) is 16.8 Å². The van der Waals surface area contributed by atoms with Crippen LogP contribution in [-0.2, 0) is 4.79 Å². The van der Waals surface area contributed by atoms with Gasteiger partial charge >= 0.3 is 5.97 Å². The van der Waals surface area contributed by atoms with Crippen molar-refractivity contribution in [1.82, 2.24) is 4.98 Å². The zero-order chi connectivity index (χ0) is 23.9. The van der Waals surface area contributed by atoms with E-state index in [0.717, 1.165) is 6.07 Å². The van der Waals surface area contributed by atoms with Crippen LogP contribution < -0.4 is 15.6 Å². The number of rotatable bonds is 4. The van der Waals surface area contributed by atoms with Gasteiger partial charge in [0.25, 0.3) is 5.56 Å². The lowest BCUT2D eigenvalue weighted by Gasteiger charge is -2.16. The number of aromatic amines is 1. The molecule has 0 saturated carbocycles. The summed E-state index contributed by atoms with van der Waals surface area (Å²) in [7, 11) is 0. The number of hydrogen-bond acceptors (Lipinski definition) is 4. The molecule has 0 atom stereocenters. The first-order chi connectivity index (χ1) is 14.9. The van der Waals surface area contributed by atoms with E-state index in [1.165, 1.54) is 13.0 Å². The fourth-order valence-corrected chi connectivity index (χ4v) is 3.06. The molecular formula is C21H15F5N2O4. The van der Waals surface area contributed by atoms with E-state index in [1.54, 1.807) is 6.07 Å². The second kappa shape index (κ2) is 8.40. The van der Waals surface area contributed by atoms with Gasteiger partial charge in [-0.1, -0.05) is 26.0 Å². The topological polar surface area (TPSA) is 88.3 Å². The van der Waals surface area contributed by atoms with E-state index in [0.29, 0.717) is 11.3 Å². The number of pyridine rings is 1. The number of aromatic nitrogens is 1. The van der Waals surface area contributed by atoms with Crippen molar-refractivity contribution in [2.45, 2.75) is 26.7 Å². The Labute approximate surface area is 177 Å². The molecule has 0 aliphatic rings. The average molecular weight is 454 g/mol. The minimum absolute atomic E-state index is 0.0522. The molecular weight excluding hydrogens is 439 g/mol. The molecule has 3 rings (SSSR count). The SMILES string of the molecule is CC(=O)Nc1c(C(C)C)ccc2cc(C(=O)Oc3c(F)c(F)c(F)c(F)c3F)c(=O)[nH]c12. The smallest absolute Gasteiger partial charge is 0.349 e. The van der Waals surface area contributed by atoms with Crippen molar-refractivity contribution in [1.29, 1.82) is 0 Å². The number of halogens is 5. The molecule has 32 heavy (non-hydrogen) atoms. The number of carbonyl (C=O) groups is 2. The highest BCUT2D eigenvalue weighted by molar-refractivity contribution is 6.03. The Morgan fingerprint density at radius 1 is 0.969 bits per heavy atom. The van der Waals surface area contributed by atoms with Crippen molar-refractivity contribution < 1.29 is 36.3 Å². The van der Waals surface area contributed by atoms with Crippen molar-refractivity contribution in [2.75, 3.05) is 5.32 Å². The summed E-state index contributed by atoms with van der Waals surface area (Å²) in [6.45, 7) is 4.96. The van der Waals surface area contributed by atoms with Crippen LogP contribution in [0.4, 0.5) is 27.6 Å². The molecule has 6 nitrogen and oxygen atoms in total. The second-order valence-corrected chi connectivity index (χ2v) is 7.13. The maximum Gasteiger partial charge on any atom is 0.349 e. The lowest BCUT2D eigenvalue weighted by Crippen LogP contribution is -2.23. The number of carbonyl (C=O) groups excluding carboxylic acids is 2. The Balaban J connectivity index is 2.12. The average Bonchev–Trinajstić information content (AvgIpc) is 2.73. The Kier molecular flexibility index (Phi) is 6.02. The first-order valence-corrected chi connectivity index (χ1v) is 9.15. The van der Waals surface area contributed by atoms with Gasteiger partial charge in [-0.2, -0.15) is 8.78 Å². The molecule has 0 aliphatic carbocycles. The van der Waals surface area contributed by atoms with E-state index in [1.807, 2.05) is 13.8 Å². The van der Waals surface area contributed by atoms with Gasteiger partial charge in [0.2, 0.25) is 40.7 Å². The van der Waals surface area contributed by atoms with Crippen LogP contribution in [0.1, 0.15) is 42.6 Å². The van der Waals surface area contributed by atoms with Gasteiger partial charge in [-0.3, -0.25) is 9.59 Å². The van der Waals surface area contributed by atoms with E-state index in [4.69, 9.17) is 0 Å². The van der Waals surface area contributed by atoms with Crippen molar-refractivity contribution in [3.63, 3.8) is 0 Å². The number of benzene rings is 2. The normalized spacial score (nSPS) is 11.2. The Bertz CT molecular complexity index is 1310. The van der Waals surface area contributed by atoms with E-state index in [2.05, 4.69) is 15.0 Å². The lowest BCUT2D eigenvalue weighted by molar-refractivity contribution is -0.114. The van der Waals surface area contributed by atoms with Gasteiger partial charge in [0.1, 0.15) is 5.56 Å². The molecule has 0 fully saturated rings. The number of nitrogens with one attached hydrogen (secondary N) is 2. The fraction of sp³-hybridized carbons (Fsp3) is 0.190. The maximum atomic E-state index is 13.8. The Morgan fingerprint density at radius 2 is 1.53 bits per heavy atom. The van der Waals surface area contributed by atoms with Gasteiger partial charge < -0.3 is 15.0 Å². The van der Waals surface area contributed by atoms with Gasteiger partial charge in [0.05, 0.1) is 11.2 Å². The number of anilines is 1. The molecule has 168 valence electrons. The number of fused-ring (bicyclic) bond motifs is 1. The number of H-pyrrole nitrogens is 1. The van der Waals surface area contributed by atoms with Gasteiger partial charge in [-0.25, -0.2) is 18.0 Å². The summed E-state index contributed by atoms with van der Waals surface area (Å²) < 4.78 is 71.8. The summed E-state index contributed by atoms with van der Waals surface area (Å²) in [6.07, 6.45) is 0. The number of ether oxygens (including phenoxy) is 1. The molecule has 2 aromatic carbocycles. The summed E-state index contributed by atoms with van der Waals surface area (Å²) in [4.78, 5) is 38.8. The fourth-order valence-electron chi connectivity index (χ4n) is 3.06. The van der Waals surface area contributed by atoms with Crippen LogP contribution in [0.15, 0.2) is 23.0 Å². The minimum atomic E-state index is -2.42. The van der Waals surface area contributed by atoms with Crippen LogP contribution in [0.3, 0.4) is 0 Å². The van der Waals surface area contributed by atoms with Gasteiger partial charge in [-0.15, -0.1) is 0 Å². The zero-order valence-electron chi connectivity index (χ0n) is 16.8. The first kappa shape index (κ1) is 22.9. The standard InChI is InChI=1S/C21H15F5N2O4/c1-7(2)10-5-4-9-6-11(20(30)28-17(9)18(10)27-8(3)29)21(31)32-19-15(25)13(23)12(22)14(24)16(19)26/h4-7H,1-3H3,(H,27,29)(H,28,30). The molecule has 0 unspecified atom stereocenters. The number of hydrogen-bond donors (Lipinski definition) is 2. The van der Waals surface area contributed by atoms with Crippen molar-refractivity contribution in [3.05, 3.63) is 68.8 Å². The zero-order valence-corrected chi connectivity index (χ0v) is 16.8. The largest absolute Gasteiger partial charge is 0.416 e. The number of esters is 1. The number of amides is 1. The molecule has 0 spiro atoms. The predicted octanol–water partition coefficient (Wildman–Crippen LogP) is 4.52. The highest BCUT2D eigenvalue weighted by Crippen LogP contribution is 2.32. The molecule has 2 N–H and O–H groups in total. The van der Waals surface area contributed by atoms with Gasteiger partial charge in [0.15, 0.2) is 0 Å². The third-order valence-electron chi connectivity index (χ3n) is 4.56. The van der Waals surface area contributed by atoms with Gasteiger partial charge in [0, 0.05) is 12.3 Å². The van der Waals surface area contributed by atoms with E-state index >= 15 is 0 Å². The molecule has 1 aromatic heterocycles. The van der Waals surface area contributed by atoms with Gasteiger partial charge in [-0.05, 0) is 17.5 Å². The van der Waals surface area contributed by atoms with Crippen LogP contribution in [0.2, 0.25) is 0 Å². The van der Waals surface area contributed by atoms with Crippen LogP contribution >= 0.6 is 0 Å². The molecule has 11 heteroatoms. The van der Waals surface area contributed by atoms with Crippen LogP contribution in [0.25, 0.3) is 10.9 Å².